The lowest BCUT2D eigenvalue weighted by atomic mass is 9.91. The Morgan fingerprint density at radius 1 is 1.16 bits per heavy atom. The van der Waals surface area contributed by atoms with Gasteiger partial charge in [-0.2, -0.15) is 0 Å². The minimum Gasteiger partial charge on any atom is -0.396 e. The van der Waals surface area contributed by atoms with E-state index in [-0.39, 0.29) is 30.3 Å². The molecule has 1 aliphatic rings. The van der Waals surface area contributed by atoms with Gasteiger partial charge in [-0.3, -0.25) is 4.79 Å². The predicted octanol–water partition coefficient (Wildman–Crippen LogP) is 3.66. The number of anilines is 2. The summed E-state index contributed by atoms with van der Waals surface area (Å²) in [5.74, 6) is -1.06. The number of ether oxygens (including phenoxy) is 1. The molecule has 1 aromatic heterocycles. The summed E-state index contributed by atoms with van der Waals surface area (Å²) < 4.78 is 20.3. The number of aliphatic hydroxyl groups is 1. The van der Waals surface area contributed by atoms with Gasteiger partial charge < -0.3 is 20.5 Å². The van der Waals surface area contributed by atoms with Crippen LogP contribution >= 0.6 is 0 Å². The highest BCUT2D eigenvalue weighted by atomic mass is 19.1. The van der Waals surface area contributed by atoms with E-state index in [1.54, 1.807) is 12.3 Å². The van der Waals surface area contributed by atoms with Crippen molar-refractivity contribution >= 4 is 17.3 Å². The minimum atomic E-state index is -0.617. The van der Waals surface area contributed by atoms with Crippen LogP contribution in [0, 0.1) is 5.82 Å². The number of nitrogens with zero attached hydrogens (tertiary/aromatic N) is 2. The van der Waals surface area contributed by atoms with E-state index < -0.39 is 5.82 Å². The van der Waals surface area contributed by atoms with Crippen molar-refractivity contribution in [1.29, 1.82) is 0 Å². The molecule has 0 amide bonds. The number of pyridine rings is 1. The predicted molar refractivity (Wildman–Crippen MR) is 122 cm³/mol. The van der Waals surface area contributed by atoms with E-state index in [2.05, 4.69) is 9.88 Å². The second-order valence-corrected chi connectivity index (χ2v) is 7.84. The first-order valence-electron chi connectivity index (χ1n) is 10.6. The Morgan fingerprint density at radius 2 is 1.91 bits per heavy atom. The van der Waals surface area contributed by atoms with E-state index >= 15 is 0 Å². The third-order valence-electron chi connectivity index (χ3n) is 5.78. The van der Waals surface area contributed by atoms with Crippen LogP contribution in [0.15, 0.2) is 60.8 Å². The van der Waals surface area contributed by atoms with Gasteiger partial charge in [0.05, 0.1) is 37.3 Å². The molecule has 3 N–H and O–H groups in total. The van der Waals surface area contributed by atoms with Crippen molar-refractivity contribution in [3.8, 4) is 11.1 Å². The highest BCUT2D eigenvalue weighted by Gasteiger charge is 2.20. The van der Waals surface area contributed by atoms with Gasteiger partial charge in [0.1, 0.15) is 11.6 Å². The maximum atomic E-state index is 15.0. The SMILES string of the molecule is Nc1ncc(N2CCOCC2)cc1-c1ccc(C(=O)C[C@H](CO)c2ccccc2)c(F)c1. The molecular weight excluding hydrogens is 409 g/mol. The molecule has 1 fully saturated rings. The number of aliphatic hydroxyl groups excluding tert-OH is 1. The summed E-state index contributed by atoms with van der Waals surface area (Å²) in [5.41, 5.74) is 8.99. The van der Waals surface area contributed by atoms with Crippen molar-refractivity contribution in [3.63, 3.8) is 0 Å². The Hall–Kier alpha value is -3.29. The third kappa shape index (κ3) is 4.79. The number of Topliss-reactive ketones (excluding diaryl/α,β-unsaturated/α-hetero) is 1. The van der Waals surface area contributed by atoms with E-state index in [0.717, 1.165) is 24.3 Å². The average Bonchev–Trinajstić information content (AvgIpc) is 2.83. The number of morpholine rings is 1. The molecule has 6 nitrogen and oxygen atoms in total. The maximum absolute atomic E-state index is 15.0. The van der Waals surface area contributed by atoms with E-state index in [1.165, 1.54) is 12.1 Å². The van der Waals surface area contributed by atoms with Gasteiger partial charge in [-0.15, -0.1) is 0 Å². The summed E-state index contributed by atoms with van der Waals surface area (Å²) in [6.45, 7) is 2.60. The molecule has 166 valence electrons. The first-order chi connectivity index (χ1) is 15.6. The second kappa shape index (κ2) is 9.89. The zero-order valence-electron chi connectivity index (χ0n) is 17.7. The molecule has 7 heteroatoms. The van der Waals surface area contributed by atoms with Gasteiger partial charge in [0.2, 0.25) is 0 Å². The zero-order valence-corrected chi connectivity index (χ0v) is 17.7. The number of carbonyl (C=O) groups is 1. The molecule has 0 unspecified atom stereocenters. The topological polar surface area (TPSA) is 88.7 Å². The molecule has 0 bridgehead atoms. The smallest absolute Gasteiger partial charge is 0.166 e. The van der Waals surface area contributed by atoms with Gasteiger partial charge in [0.15, 0.2) is 5.78 Å². The summed E-state index contributed by atoms with van der Waals surface area (Å²) in [7, 11) is 0. The summed E-state index contributed by atoms with van der Waals surface area (Å²) in [5, 5.41) is 9.72. The lowest BCUT2D eigenvalue weighted by Crippen LogP contribution is -2.36. The van der Waals surface area contributed by atoms with Crippen LogP contribution < -0.4 is 10.6 Å². The molecule has 1 aliphatic heterocycles. The summed E-state index contributed by atoms with van der Waals surface area (Å²) in [4.78, 5) is 19.2. The quantitative estimate of drug-likeness (QED) is 0.551. The fourth-order valence-corrected chi connectivity index (χ4v) is 3.95. The van der Waals surface area contributed by atoms with Crippen LogP contribution in [0.4, 0.5) is 15.9 Å². The first kappa shape index (κ1) is 21.9. The lowest BCUT2D eigenvalue weighted by molar-refractivity contribution is 0.0956. The van der Waals surface area contributed by atoms with Gasteiger partial charge in [-0.1, -0.05) is 36.4 Å². The van der Waals surface area contributed by atoms with E-state index in [0.29, 0.717) is 30.2 Å². The Labute approximate surface area is 186 Å². The van der Waals surface area contributed by atoms with Crippen LogP contribution in [-0.4, -0.2) is 48.8 Å². The van der Waals surface area contributed by atoms with Crippen molar-refractivity contribution in [2.75, 3.05) is 43.5 Å². The van der Waals surface area contributed by atoms with Crippen LogP contribution in [0.1, 0.15) is 28.3 Å². The Bertz CT molecular complexity index is 1090. The molecular formula is C25H26FN3O3. The Balaban J connectivity index is 1.56. The number of nitrogens with two attached hydrogens (primary N) is 1. The molecule has 2 heterocycles. The third-order valence-corrected chi connectivity index (χ3v) is 5.78. The molecule has 32 heavy (non-hydrogen) atoms. The van der Waals surface area contributed by atoms with Gasteiger partial charge in [0.25, 0.3) is 0 Å². The molecule has 1 atom stereocenters. The molecule has 0 aliphatic carbocycles. The van der Waals surface area contributed by atoms with Crippen LogP contribution in [0.2, 0.25) is 0 Å². The Morgan fingerprint density at radius 3 is 2.59 bits per heavy atom. The molecule has 4 rings (SSSR count). The minimum absolute atomic E-state index is 0.000930. The fourth-order valence-electron chi connectivity index (χ4n) is 3.95. The molecule has 0 radical (unpaired) electrons. The van der Waals surface area contributed by atoms with Crippen molar-refractivity contribution in [2.24, 2.45) is 0 Å². The number of hydrogen-bond donors (Lipinski definition) is 2. The van der Waals surface area contributed by atoms with Crippen LogP contribution in [0.5, 0.6) is 0 Å². The van der Waals surface area contributed by atoms with E-state index in [1.807, 2.05) is 36.4 Å². The van der Waals surface area contributed by atoms with Gasteiger partial charge in [-0.25, -0.2) is 9.37 Å². The van der Waals surface area contributed by atoms with E-state index in [4.69, 9.17) is 10.5 Å². The van der Waals surface area contributed by atoms with Crippen LogP contribution in [-0.2, 0) is 4.74 Å². The molecule has 1 saturated heterocycles. The number of rotatable bonds is 7. The molecule has 0 saturated carbocycles. The summed E-state index contributed by atoms with van der Waals surface area (Å²) in [6.07, 6.45) is 1.73. The van der Waals surface area contributed by atoms with Crippen LogP contribution in [0.25, 0.3) is 11.1 Å². The number of nitrogen functional groups attached to an aromatic ring is 1. The van der Waals surface area contributed by atoms with Gasteiger partial charge >= 0.3 is 0 Å². The number of ketones is 1. The standard InChI is InChI=1S/C25H26FN3O3/c26-23-12-18(22-14-20(15-28-25(22)27)29-8-10-32-11-9-29)6-7-21(23)24(31)13-19(16-30)17-4-2-1-3-5-17/h1-7,12,14-15,19,30H,8-11,13,16H2,(H2,27,28)/t19-/m1/s1. The second-order valence-electron chi connectivity index (χ2n) is 7.84. The highest BCUT2D eigenvalue weighted by Crippen LogP contribution is 2.31. The van der Waals surface area contributed by atoms with Crippen molar-refractivity contribution in [3.05, 3.63) is 77.7 Å². The van der Waals surface area contributed by atoms with Gasteiger partial charge in [-0.05, 0) is 29.3 Å². The van der Waals surface area contributed by atoms with Crippen molar-refractivity contribution in [2.45, 2.75) is 12.3 Å². The lowest BCUT2D eigenvalue weighted by Gasteiger charge is -2.29. The normalized spacial score (nSPS) is 14.9. The summed E-state index contributed by atoms with van der Waals surface area (Å²) in [6, 6.07) is 15.6. The summed E-state index contributed by atoms with van der Waals surface area (Å²) >= 11 is 0. The van der Waals surface area contributed by atoms with Crippen molar-refractivity contribution < 1.29 is 19.0 Å². The monoisotopic (exact) mass is 435 g/mol. The molecule has 3 aromatic rings. The number of hydrogen-bond acceptors (Lipinski definition) is 6. The zero-order chi connectivity index (χ0) is 22.5. The number of carbonyl (C=O) groups excluding carboxylic acids is 1. The van der Waals surface area contributed by atoms with Crippen molar-refractivity contribution in [1.82, 2.24) is 4.98 Å². The molecule has 2 aromatic carbocycles. The number of benzene rings is 2. The Kier molecular flexibility index (Phi) is 6.78. The first-order valence-corrected chi connectivity index (χ1v) is 10.6. The maximum Gasteiger partial charge on any atom is 0.166 e. The number of aromatic nitrogens is 1. The highest BCUT2D eigenvalue weighted by molar-refractivity contribution is 5.97. The fraction of sp³-hybridized carbons (Fsp3) is 0.280. The van der Waals surface area contributed by atoms with E-state index in [9.17, 15) is 14.3 Å². The largest absolute Gasteiger partial charge is 0.396 e. The van der Waals surface area contributed by atoms with Crippen LogP contribution in [0.3, 0.4) is 0 Å². The van der Waals surface area contributed by atoms with Gasteiger partial charge in [0, 0.05) is 31.0 Å². The number of halogens is 1. The molecule has 0 spiro atoms. The average molecular weight is 435 g/mol.